The lowest BCUT2D eigenvalue weighted by atomic mass is 10.4. The van der Waals surface area contributed by atoms with Crippen molar-refractivity contribution >= 4 is 21.7 Å². The molecule has 8 heteroatoms. The summed E-state index contributed by atoms with van der Waals surface area (Å²) in [5, 5.41) is 7.37. The lowest BCUT2D eigenvalue weighted by Crippen LogP contribution is -2.32. The van der Waals surface area contributed by atoms with Crippen LogP contribution in [0.5, 0.6) is 0 Å². The van der Waals surface area contributed by atoms with E-state index in [0.29, 0.717) is 5.82 Å². The number of aromatic nitrogens is 3. The number of nitrogens with zero attached hydrogens (tertiary/aromatic N) is 2. The number of aryl methyl sites for hydroxylation is 1. The maximum atomic E-state index is 11.4. The Morgan fingerprint density at radius 2 is 2.13 bits per heavy atom. The number of anilines is 1. The standard InChI is InChI=1S/C7H12N4O3S/c1-4(15(3,13)14)6(12)9-7-8-5(2)10-11-7/h4H,1-3H3,(H2,8,9,10,11,12). The molecule has 0 saturated carbocycles. The van der Waals surface area contributed by atoms with Gasteiger partial charge in [-0.3, -0.25) is 15.2 Å². The molecular formula is C7H12N4O3S. The molecule has 0 aliphatic heterocycles. The van der Waals surface area contributed by atoms with Crippen LogP contribution in [0.1, 0.15) is 12.7 Å². The molecule has 0 radical (unpaired) electrons. The molecule has 1 aromatic heterocycles. The summed E-state index contributed by atoms with van der Waals surface area (Å²) >= 11 is 0. The Morgan fingerprint density at radius 3 is 2.53 bits per heavy atom. The van der Waals surface area contributed by atoms with Crippen molar-refractivity contribution in [1.82, 2.24) is 15.2 Å². The van der Waals surface area contributed by atoms with Gasteiger partial charge in [0.25, 0.3) is 0 Å². The number of carbonyl (C=O) groups is 1. The van der Waals surface area contributed by atoms with E-state index in [0.717, 1.165) is 6.26 Å². The van der Waals surface area contributed by atoms with Crippen molar-refractivity contribution in [3.63, 3.8) is 0 Å². The lowest BCUT2D eigenvalue weighted by molar-refractivity contribution is -0.115. The number of nitrogens with one attached hydrogen (secondary N) is 2. The molecule has 0 aliphatic rings. The SMILES string of the molecule is Cc1nc(NC(=O)C(C)S(C)(=O)=O)n[nH]1. The van der Waals surface area contributed by atoms with Crippen molar-refractivity contribution in [3.8, 4) is 0 Å². The van der Waals surface area contributed by atoms with E-state index in [4.69, 9.17) is 0 Å². The number of carbonyl (C=O) groups excluding carboxylic acids is 1. The normalized spacial score (nSPS) is 13.5. The highest BCUT2D eigenvalue weighted by molar-refractivity contribution is 7.92. The second kappa shape index (κ2) is 3.97. The number of hydrogen-bond donors (Lipinski definition) is 2. The zero-order valence-corrected chi connectivity index (χ0v) is 9.42. The van der Waals surface area contributed by atoms with Crippen LogP contribution in [-0.2, 0) is 14.6 Å². The minimum absolute atomic E-state index is 0.0769. The van der Waals surface area contributed by atoms with Crippen LogP contribution in [0, 0.1) is 6.92 Å². The average Bonchev–Trinajstić information content (AvgIpc) is 2.48. The van der Waals surface area contributed by atoms with Gasteiger partial charge in [0.05, 0.1) is 0 Å². The van der Waals surface area contributed by atoms with E-state index in [9.17, 15) is 13.2 Å². The van der Waals surface area contributed by atoms with Gasteiger partial charge in [0, 0.05) is 6.26 Å². The number of H-pyrrole nitrogens is 1. The monoisotopic (exact) mass is 232 g/mol. The molecule has 15 heavy (non-hydrogen) atoms. The van der Waals surface area contributed by atoms with Gasteiger partial charge in [0.2, 0.25) is 11.9 Å². The van der Waals surface area contributed by atoms with Crippen molar-refractivity contribution in [2.45, 2.75) is 19.1 Å². The summed E-state index contributed by atoms with van der Waals surface area (Å²) in [5.74, 6) is -0.0261. The van der Waals surface area contributed by atoms with Gasteiger partial charge in [0.15, 0.2) is 9.84 Å². The number of rotatable bonds is 3. The summed E-state index contributed by atoms with van der Waals surface area (Å²) in [6, 6.07) is 0. The zero-order valence-electron chi connectivity index (χ0n) is 8.60. The molecule has 0 bridgehead atoms. The van der Waals surface area contributed by atoms with E-state index in [2.05, 4.69) is 20.5 Å². The molecule has 1 amide bonds. The molecule has 1 atom stereocenters. The van der Waals surface area contributed by atoms with Gasteiger partial charge in [-0.25, -0.2) is 8.42 Å². The van der Waals surface area contributed by atoms with Crippen molar-refractivity contribution in [2.75, 3.05) is 11.6 Å². The van der Waals surface area contributed by atoms with Crippen LogP contribution in [0.2, 0.25) is 0 Å². The largest absolute Gasteiger partial charge is 0.292 e. The Labute approximate surface area is 87.2 Å². The summed E-state index contributed by atoms with van der Waals surface area (Å²) in [4.78, 5) is 15.2. The number of aromatic amines is 1. The fourth-order valence-electron chi connectivity index (χ4n) is 0.805. The first-order chi connectivity index (χ1) is 6.80. The van der Waals surface area contributed by atoms with Crippen molar-refractivity contribution < 1.29 is 13.2 Å². The van der Waals surface area contributed by atoms with Gasteiger partial charge in [-0.05, 0) is 13.8 Å². The van der Waals surface area contributed by atoms with E-state index in [1.54, 1.807) is 6.92 Å². The molecule has 1 aromatic rings. The Kier molecular flexibility index (Phi) is 3.08. The maximum Gasteiger partial charge on any atom is 0.248 e. The highest BCUT2D eigenvalue weighted by atomic mass is 32.2. The lowest BCUT2D eigenvalue weighted by Gasteiger charge is -2.07. The first kappa shape index (κ1) is 11.6. The zero-order chi connectivity index (χ0) is 11.6. The molecule has 1 rings (SSSR count). The van der Waals surface area contributed by atoms with Gasteiger partial charge in [-0.1, -0.05) is 0 Å². The van der Waals surface area contributed by atoms with Crippen LogP contribution in [0.3, 0.4) is 0 Å². The van der Waals surface area contributed by atoms with Gasteiger partial charge < -0.3 is 0 Å². The first-order valence-electron chi connectivity index (χ1n) is 4.19. The molecule has 1 heterocycles. The maximum absolute atomic E-state index is 11.4. The van der Waals surface area contributed by atoms with Crippen molar-refractivity contribution in [1.29, 1.82) is 0 Å². The van der Waals surface area contributed by atoms with Crippen molar-refractivity contribution in [2.24, 2.45) is 0 Å². The van der Waals surface area contributed by atoms with E-state index < -0.39 is 21.0 Å². The second-order valence-corrected chi connectivity index (χ2v) is 5.57. The van der Waals surface area contributed by atoms with Crippen LogP contribution < -0.4 is 5.32 Å². The highest BCUT2D eigenvalue weighted by Gasteiger charge is 2.24. The first-order valence-corrected chi connectivity index (χ1v) is 6.15. The van der Waals surface area contributed by atoms with Gasteiger partial charge in [-0.15, -0.1) is 5.10 Å². The molecule has 84 valence electrons. The second-order valence-electron chi connectivity index (χ2n) is 3.21. The van der Waals surface area contributed by atoms with Crippen LogP contribution in [0.15, 0.2) is 0 Å². The minimum atomic E-state index is -3.39. The van der Waals surface area contributed by atoms with E-state index in [1.165, 1.54) is 6.92 Å². The molecular weight excluding hydrogens is 220 g/mol. The van der Waals surface area contributed by atoms with Crippen molar-refractivity contribution in [3.05, 3.63) is 5.82 Å². The summed E-state index contributed by atoms with van der Waals surface area (Å²) in [7, 11) is -3.39. The minimum Gasteiger partial charge on any atom is -0.292 e. The van der Waals surface area contributed by atoms with Gasteiger partial charge in [-0.2, -0.15) is 4.98 Å². The Morgan fingerprint density at radius 1 is 1.53 bits per heavy atom. The fraction of sp³-hybridized carbons (Fsp3) is 0.571. The molecule has 7 nitrogen and oxygen atoms in total. The smallest absolute Gasteiger partial charge is 0.248 e. The Balaban J connectivity index is 2.72. The van der Waals surface area contributed by atoms with Gasteiger partial charge in [0.1, 0.15) is 11.1 Å². The fourth-order valence-corrected chi connectivity index (χ4v) is 1.25. The Hall–Kier alpha value is -1.44. The molecule has 0 aromatic carbocycles. The van der Waals surface area contributed by atoms with Gasteiger partial charge >= 0.3 is 0 Å². The summed E-state index contributed by atoms with van der Waals surface area (Å²) in [6.07, 6.45) is 1.00. The number of sulfone groups is 1. The summed E-state index contributed by atoms with van der Waals surface area (Å²) < 4.78 is 22.1. The Bertz CT molecular complexity index is 464. The molecule has 0 saturated heterocycles. The topological polar surface area (TPSA) is 105 Å². The molecule has 1 unspecified atom stereocenters. The van der Waals surface area contributed by atoms with Crippen LogP contribution in [0.25, 0.3) is 0 Å². The quantitative estimate of drug-likeness (QED) is 0.730. The summed E-state index contributed by atoms with van der Waals surface area (Å²) in [5.41, 5.74) is 0. The van der Waals surface area contributed by atoms with Crippen LogP contribution in [0.4, 0.5) is 5.95 Å². The van der Waals surface area contributed by atoms with Crippen LogP contribution >= 0.6 is 0 Å². The third-order valence-corrected chi connectivity index (χ3v) is 3.34. The number of hydrogen-bond acceptors (Lipinski definition) is 5. The van der Waals surface area contributed by atoms with E-state index in [-0.39, 0.29) is 5.95 Å². The molecule has 0 spiro atoms. The van der Waals surface area contributed by atoms with E-state index >= 15 is 0 Å². The summed E-state index contributed by atoms with van der Waals surface area (Å²) in [6.45, 7) is 2.98. The third-order valence-electron chi connectivity index (χ3n) is 1.84. The van der Waals surface area contributed by atoms with E-state index in [1.807, 2.05) is 0 Å². The molecule has 0 aliphatic carbocycles. The average molecular weight is 232 g/mol. The molecule has 2 N–H and O–H groups in total. The van der Waals surface area contributed by atoms with Crippen LogP contribution in [-0.4, -0.2) is 41.0 Å². The third kappa shape index (κ3) is 3.01. The predicted molar refractivity (Wildman–Crippen MR) is 54.1 cm³/mol. The predicted octanol–water partition coefficient (Wildman–Crippen LogP) is -0.515. The molecule has 0 fully saturated rings. The highest BCUT2D eigenvalue weighted by Crippen LogP contribution is 2.03. The number of amides is 1.